The first-order valence-corrected chi connectivity index (χ1v) is 10.1. The molecule has 0 aliphatic heterocycles. The number of ketones is 2. The van der Waals surface area contributed by atoms with Crippen LogP contribution in [0.4, 0.5) is 8.78 Å². The zero-order chi connectivity index (χ0) is 22.5. The molecule has 6 heteroatoms. The van der Waals surface area contributed by atoms with Gasteiger partial charge in [0.25, 0.3) is 0 Å². The van der Waals surface area contributed by atoms with Crippen LogP contribution in [0.3, 0.4) is 0 Å². The number of halogens is 3. The smallest absolute Gasteiger partial charge is 0.171 e. The van der Waals surface area contributed by atoms with Crippen molar-refractivity contribution >= 4 is 24.0 Å². The normalized spacial score (nSPS) is 13.4. The standard InChI is InChI=1S/C25H31F2NO2.ClH/c1-24(2,3)22(29)19-11-9-18(10-12-19)16-28(5)14-13-25(4,17-26)23(30)20-7-6-8-21(27)15-20;/h6-12,15H,13-14,16-17H2,1-5H3;1H. The number of alkyl halides is 1. The van der Waals surface area contributed by atoms with Crippen molar-refractivity contribution in [2.45, 2.75) is 40.7 Å². The van der Waals surface area contributed by atoms with Gasteiger partial charge < -0.3 is 4.90 Å². The SMILES string of the molecule is CN(CCC(C)(CF)C(=O)c1cccc(F)c1)Cc1ccc(C(=O)C(C)(C)C)cc1.Cl. The molecule has 0 fully saturated rings. The Morgan fingerprint density at radius 3 is 2.06 bits per heavy atom. The van der Waals surface area contributed by atoms with Gasteiger partial charge >= 0.3 is 0 Å². The number of benzene rings is 2. The highest BCUT2D eigenvalue weighted by molar-refractivity contribution is 6.00. The molecule has 0 saturated carbocycles. The molecular formula is C25H32ClF2NO2. The first-order valence-electron chi connectivity index (χ1n) is 10.1. The van der Waals surface area contributed by atoms with Crippen LogP contribution < -0.4 is 0 Å². The molecule has 0 heterocycles. The summed E-state index contributed by atoms with van der Waals surface area (Å²) in [5.41, 5.74) is 0.270. The third-order valence-corrected chi connectivity index (χ3v) is 5.33. The average Bonchev–Trinajstić information content (AvgIpc) is 2.71. The van der Waals surface area contributed by atoms with Crippen molar-refractivity contribution in [1.82, 2.24) is 4.90 Å². The maximum Gasteiger partial charge on any atom is 0.171 e. The van der Waals surface area contributed by atoms with E-state index in [9.17, 15) is 18.4 Å². The van der Waals surface area contributed by atoms with E-state index in [-0.39, 0.29) is 29.5 Å². The van der Waals surface area contributed by atoms with Gasteiger partial charge in [0.2, 0.25) is 0 Å². The summed E-state index contributed by atoms with van der Waals surface area (Å²) in [6.45, 7) is 7.57. The molecule has 1 unspecified atom stereocenters. The van der Waals surface area contributed by atoms with Crippen LogP contribution in [0, 0.1) is 16.6 Å². The Morgan fingerprint density at radius 2 is 1.55 bits per heavy atom. The molecule has 0 aliphatic carbocycles. The number of Topliss-reactive ketones (excluding diaryl/α,β-unsaturated/α-hetero) is 2. The van der Waals surface area contributed by atoms with Crippen molar-refractivity contribution in [3.05, 3.63) is 71.0 Å². The van der Waals surface area contributed by atoms with Crippen molar-refractivity contribution in [1.29, 1.82) is 0 Å². The molecule has 2 aromatic rings. The summed E-state index contributed by atoms with van der Waals surface area (Å²) in [5.74, 6) is -0.799. The lowest BCUT2D eigenvalue weighted by atomic mass is 9.80. The minimum atomic E-state index is -1.20. The predicted molar refractivity (Wildman–Crippen MR) is 123 cm³/mol. The fourth-order valence-electron chi connectivity index (χ4n) is 3.24. The molecule has 0 amide bonds. The van der Waals surface area contributed by atoms with Gasteiger partial charge in [0.15, 0.2) is 11.6 Å². The number of hydrogen-bond donors (Lipinski definition) is 0. The molecule has 31 heavy (non-hydrogen) atoms. The van der Waals surface area contributed by atoms with E-state index in [1.165, 1.54) is 18.2 Å². The summed E-state index contributed by atoms with van der Waals surface area (Å²) < 4.78 is 27.3. The highest BCUT2D eigenvalue weighted by Gasteiger charge is 2.34. The highest BCUT2D eigenvalue weighted by Crippen LogP contribution is 2.28. The van der Waals surface area contributed by atoms with E-state index in [4.69, 9.17) is 0 Å². The molecule has 0 saturated heterocycles. The number of carbonyl (C=O) groups excluding carboxylic acids is 2. The summed E-state index contributed by atoms with van der Waals surface area (Å²) in [7, 11) is 1.90. The Bertz CT molecular complexity index is 893. The maximum atomic E-state index is 13.8. The van der Waals surface area contributed by atoms with Crippen molar-refractivity contribution in [3.63, 3.8) is 0 Å². The zero-order valence-electron chi connectivity index (χ0n) is 18.9. The fraction of sp³-hybridized carbons (Fsp3) is 0.440. The number of rotatable bonds is 9. The van der Waals surface area contributed by atoms with Gasteiger partial charge in [-0.05, 0) is 44.6 Å². The van der Waals surface area contributed by atoms with Gasteiger partial charge in [-0.2, -0.15) is 0 Å². The third-order valence-electron chi connectivity index (χ3n) is 5.33. The molecule has 2 rings (SSSR count). The van der Waals surface area contributed by atoms with Crippen LogP contribution in [0.5, 0.6) is 0 Å². The summed E-state index contributed by atoms with van der Waals surface area (Å²) in [5, 5.41) is 0. The maximum absolute atomic E-state index is 13.8. The van der Waals surface area contributed by atoms with Crippen LogP contribution in [0.1, 0.15) is 60.4 Å². The molecule has 0 N–H and O–H groups in total. The average molecular weight is 452 g/mol. The van der Waals surface area contributed by atoms with Crippen LogP contribution in [-0.4, -0.2) is 36.7 Å². The lowest BCUT2D eigenvalue weighted by molar-refractivity contribution is 0.0732. The van der Waals surface area contributed by atoms with Crippen LogP contribution >= 0.6 is 12.4 Å². The minimum absolute atomic E-state index is 0. The van der Waals surface area contributed by atoms with Crippen LogP contribution in [-0.2, 0) is 6.54 Å². The van der Waals surface area contributed by atoms with Crippen LogP contribution in [0.15, 0.2) is 48.5 Å². The molecule has 0 aliphatic rings. The molecule has 2 aromatic carbocycles. The Morgan fingerprint density at radius 1 is 0.935 bits per heavy atom. The van der Waals surface area contributed by atoms with Crippen LogP contribution in [0.25, 0.3) is 0 Å². The van der Waals surface area contributed by atoms with Gasteiger partial charge in [0.05, 0.1) is 5.41 Å². The van der Waals surface area contributed by atoms with E-state index in [1.54, 1.807) is 6.92 Å². The van der Waals surface area contributed by atoms with Crippen molar-refractivity contribution in [2.24, 2.45) is 10.8 Å². The molecule has 0 radical (unpaired) electrons. The first-order chi connectivity index (χ1) is 14.0. The summed E-state index contributed by atoms with van der Waals surface area (Å²) in [6, 6.07) is 12.9. The molecular weight excluding hydrogens is 420 g/mol. The van der Waals surface area contributed by atoms with Gasteiger partial charge in [0, 0.05) is 23.1 Å². The van der Waals surface area contributed by atoms with Crippen molar-refractivity contribution in [2.75, 3.05) is 20.3 Å². The van der Waals surface area contributed by atoms with E-state index in [0.29, 0.717) is 25.1 Å². The lowest BCUT2D eigenvalue weighted by Crippen LogP contribution is -2.34. The second kappa shape index (κ2) is 11.0. The highest BCUT2D eigenvalue weighted by atomic mass is 35.5. The van der Waals surface area contributed by atoms with Gasteiger partial charge in [-0.25, -0.2) is 4.39 Å². The topological polar surface area (TPSA) is 37.4 Å². The Balaban J connectivity index is 0.00000480. The van der Waals surface area contributed by atoms with E-state index < -0.39 is 23.3 Å². The van der Waals surface area contributed by atoms with Crippen molar-refractivity contribution in [3.8, 4) is 0 Å². The number of nitrogens with zero attached hydrogens (tertiary/aromatic N) is 1. The molecule has 0 aromatic heterocycles. The second-order valence-corrected chi connectivity index (χ2v) is 9.30. The Hall–Kier alpha value is -2.11. The minimum Gasteiger partial charge on any atom is -0.302 e. The molecule has 3 nitrogen and oxygen atoms in total. The summed E-state index contributed by atoms with van der Waals surface area (Å²) >= 11 is 0. The van der Waals surface area contributed by atoms with Gasteiger partial charge in [-0.1, -0.05) is 57.2 Å². The molecule has 0 spiro atoms. The summed E-state index contributed by atoms with van der Waals surface area (Å²) in [4.78, 5) is 27.1. The van der Waals surface area contributed by atoms with E-state index in [2.05, 4.69) is 0 Å². The molecule has 1 atom stereocenters. The summed E-state index contributed by atoms with van der Waals surface area (Å²) in [6.07, 6.45) is 0.315. The monoisotopic (exact) mass is 451 g/mol. The van der Waals surface area contributed by atoms with Crippen molar-refractivity contribution < 1.29 is 18.4 Å². The lowest BCUT2D eigenvalue weighted by Gasteiger charge is -2.28. The Labute approximate surface area is 190 Å². The molecule has 0 bridgehead atoms. The fourth-order valence-corrected chi connectivity index (χ4v) is 3.24. The van der Waals surface area contributed by atoms with E-state index in [0.717, 1.165) is 11.6 Å². The zero-order valence-corrected chi connectivity index (χ0v) is 19.7. The van der Waals surface area contributed by atoms with Gasteiger partial charge in [-0.15, -0.1) is 12.4 Å². The molecule has 170 valence electrons. The van der Waals surface area contributed by atoms with E-state index in [1.807, 2.05) is 57.0 Å². The third kappa shape index (κ3) is 7.22. The Kier molecular flexibility index (Phi) is 9.52. The second-order valence-electron chi connectivity index (χ2n) is 9.30. The van der Waals surface area contributed by atoms with Gasteiger partial charge in [-0.3, -0.25) is 14.0 Å². The first kappa shape index (κ1) is 26.9. The quantitative estimate of drug-likeness (QED) is 0.428. The van der Waals surface area contributed by atoms with Crippen LogP contribution in [0.2, 0.25) is 0 Å². The predicted octanol–water partition coefficient (Wildman–Crippen LogP) is 6.16. The van der Waals surface area contributed by atoms with Gasteiger partial charge in [0.1, 0.15) is 12.5 Å². The van der Waals surface area contributed by atoms with E-state index >= 15 is 0 Å². The number of hydrogen-bond acceptors (Lipinski definition) is 3. The largest absolute Gasteiger partial charge is 0.302 e. The number of carbonyl (C=O) groups is 2.